The summed E-state index contributed by atoms with van der Waals surface area (Å²) in [6.45, 7) is 8.54. The number of hydrogen-bond donors (Lipinski definition) is 0. The van der Waals surface area contributed by atoms with E-state index in [2.05, 4.69) is 18.8 Å². The average Bonchev–Trinajstić information content (AvgIpc) is 3.12. The van der Waals surface area contributed by atoms with E-state index < -0.39 is 12.0 Å². The van der Waals surface area contributed by atoms with E-state index >= 15 is 0 Å². The molecule has 6 nitrogen and oxygen atoms in total. The Kier molecular flexibility index (Phi) is 7.57. The molecule has 2 heterocycles. The molecule has 0 saturated carbocycles. The van der Waals surface area contributed by atoms with Crippen molar-refractivity contribution in [3.05, 3.63) is 95.6 Å². The van der Waals surface area contributed by atoms with Gasteiger partial charge in [0.25, 0.3) is 5.56 Å². The van der Waals surface area contributed by atoms with Crippen molar-refractivity contribution in [3.8, 4) is 5.75 Å². The number of nitrogens with zero attached hydrogens (tertiary/aromatic N) is 2. The monoisotopic (exact) mass is 510 g/mol. The molecule has 1 aliphatic heterocycles. The van der Waals surface area contributed by atoms with Crippen LogP contribution in [-0.4, -0.2) is 23.8 Å². The van der Waals surface area contributed by atoms with Crippen LogP contribution in [0.5, 0.6) is 5.75 Å². The fourth-order valence-electron chi connectivity index (χ4n) is 3.86. The largest absolute Gasteiger partial charge is 0.493 e. The summed E-state index contributed by atoms with van der Waals surface area (Å²) in [4.78, 5) is 31.7. The molecule has 1 aromatic heterocycles. The van der Waals surface area contributed by atoms with Gasteiger partial charge in [0.05, 0.1) is 29.0 Å². The maximum atomic E-state index is 13.6. The van der Waals surface area contributed by atoms with Crippen LogP contribution in [0.4, 0.5) is 0 Å². The molecule has 0 aliphatic carbocycles. The number of hydrogen-bond acceptors (Lipinski definition) is 6. The Morgan fingerprint density at radius 3 is 2.57 bits per heavy atom. The van der Waals surface area contributed by atoms with Crippen molar-refractivity contribution < 1.29 is 14.3 Å². The maximum absolute atomic E-state index is 13.6. The van der Waals surface area contributed by atoms with E-state index in [9.17, 15) is 9.59 Å². The second kappa shape index (κ2) is 10.6. The van der Waals surface area contributed by atoms with Gasteiger partial charge in [-0.25, -0.2) is 9.79 Å². The van der Waals surface area contributed by atoms with Gasteiger partial charge in [-0.3, -0.25) is 9.36 Å². The zero-order valence-corrected chi connectivity index (χ0v) is 21.7. The average molecular weight is 511 g/mol. The summed E-state index contributed by atoms with van der Waals surface area (Å²) in [6.07, 6.45) is 1.82. The first-order chi connectivity index (χ1) is 16.8. The Morgan fingerprint density at radius 1 is 1.20 bits per heavy atom. The molecule has 0 N–H and O–H groups in total. The molecule has 35 heavy (non-hydrogen) atoms. The van der Waals surface area contributed by atoms with Crippen molar-refractivity contribution in [3.63, 3.8) is 0 Å². The van der Waals surface area contributed by atoms with Crippen molar-refractivity contribution in [2.75, 3.05) is 13.2 Å². The highest BCUT2D eigenvalue weighted by Crippen LogP contribution is 2.34. The number of ether oxygens (including phenoxy) is 2. The second-order valence-corrected chi connectivity index (χ2v) is 10.0. The van der Waals surface area contributed by atoms with Crippen LogP contribution in [0.15, 0.2) is 69.6 Å². The number of carbonyl (C=O) groups is 1. The van der Waals surface area contributed by atoms with Crippen molar-refractivity contribution in [2.45, 2.75) is 33.7 Å². The predicted octanol–water partition coefficient (Wildman–Crippen LogP) is 4.49. The molecule has 0 saturated heterocycles. The first-order valence-electron chi connectivity index (χ1n) is 11.5. The predicted molar refractivity (Wildman–Crippen MR) is 139 cm³/mol. The second-order valence-electron chi connectivity index (χ2n) is 8.60. The number of fused-ring (bicyclic) bond motifs is 1. The van der Waals surface area contributed by atoms with Gasteiger partial charge in [-0.1, -0.05) is 67.1 Å². The highest BCUT2D eigenvalue weighted by Gasteiger charge is 2.34. The number of rotatable bonds is 7. The fourth-order valence-corrected chi connectivity index (χ4v) is 5.14. The lowest BCUT2D eigenvalue weighted by Crippen LogP contribution is -2.40. The van der Waals surface area contributed by atoms with Gasteiger partial charge in [-0.15, -0.1) is 0 Å². The van der Waals surface area contributed by atoms with Gasteiger partial charge in [0.15, 0.2) is 4.80 Å². The van der Waals surface area contributed by atoms with Gasteiger partial charge < -0.3 is 9.47 Å². The molecule has 182 valence electrons. The summed E-state index contributed by atoms with van der Waals surface area (Å²) in [7, 11) is 0. The van der Waals surface area contributed by atoms with E-state index in [1.165, 1.54) is 15.9 Å². The van der Waals surface area contributed by atoms with Crippen LogP contribution in [0, 0.1) is 5.92 Å². The van der Waals surface area contributed by atoms with Crippen LogP contribution in [-0.2, 0) is 9.53 Å². The van der Waals surface area contributed by atoms with Crippen LogP contribution in [0.1, 0.15) is 44.9 Å². The van der Waals surface area contributed by atoms with E-state index in [4.69, 9.17) is 21.1 Å². The highest BCUT2D eigenvalue weighted by molar-refractivity contribution is 7.07. The fraction of sp³-hybridized carbons (Fsp3) is 0.296. The van der Waals surface area contributed by atoms with Crippen molar-refractivity contribution >= 4 is 35.0 Å². The third-order valence-corrected chi connectivity index (χ3v) is 6.81. The summed E-state index contributed by atoms with van der Waals surface area (Å²) in [5.74, 6) is 0.709. The molecule has 0 bridgehead atoms. The summed E-state index contributed by atoms with van der Waals surface area (Å²) < 4.78 is 13.1. The molecule has 0 unspecified atom stereocenters. The Labute approximate surface area is 212 Å². The van der Waals surface area contributed by atoms with Gasteiger partial charge in [-0.05, 0) is 55.2 Å². The minimum atomic E-state index is -0.729. The minimum Gasteiger partial charge on any atom is -0.493 e. The van der Waals surface area contributed by atoms with Gasteiger partial charge in [-0.2, -0.15) is 0 Å². The van der Waals surface area contributed by atoms with Crippen LogP contribution >= 0.6 is 22.9 Å². The SMILES string of the molecule is CCOC(=O)C1=C(C)N=c2s/c(=C\c3ccc(OCC(C)C)cc3)c(=O)n2[C@H]1c1ccccc1Cl. The zero-order valence-electron chi connectivity index (χ0n) is 20.1. The van der Waals surface area contributed by atoms with Crippen LogP contribution in [0.3, 0.4) is 0 Å². The molecule has 0 fully saturated rings. The molecule has 4 rings (SSSR count). The van der Waals surface area contributed by atoms with E-state index in [0.29, 0.717) is 43.7 Å². The number of halogens is 1. The summed E-state index contributed by atoms with van der Waals surface area (Å²) >= 11 is 7.81. The Morgan fingerprint density at radius 2 is 1.91 bits per heavy atom. The number of esters is 1. The number of carbonyl (C=O) groups excluding carboxylic acids is 1. The summed E-state index contributed by atoms with van der Waals surface area (Å²) in [6, 6.07) is 14.1. The molecule has 2 aromatic carbocycles. The number of thiazole rings is 1. The first-order valence-corrected chi connectivity index (χ1v) is 12.7. The quantitative estimate of drug-likeness (QED) is 0.439. The molecule has 1 atom stereocenters. The third-order valence-electron chi connectivity index (χ3n) is 5.48. The van der Waals surface area contributed by atoms with E-state index in [1.54, 1.807) is 19.9 Å². The number of aromatic nitrogens is 1. The summed E-state index contributed by atoms with van der Waals surface area (Å²) in [5.41, 5.74) is 2.08. The van der Waals surface area contributed by atoms with Crippen LogP contribution in [0.2, 0.25) is 5.02 Å². The normalized spacial score (nSPS) is 15.7. The Hall–Kier alpha value is -3.16. The Balaban J connectivity index is 1.82. The van der Waals surface area contributed by atoms with Gasteiger partial charge in [0.1, 0.15) is 11.8 Å². The number of benzene rings is 2. The molecule has 0 spiro atoms. The maximum Gasteiger partial charge on any atom is 0.338 e. The highest BCUT2D eigenvalue weighted by atomic mass is 35.5. The van der Waals surface area contributed by atoms with Gasteiger partial charge in [0.2, 0.25) is 0 Å². The molecular formula is C27H27ClN2O4S. The Bertz CT molecular complexity index is 1450. The molecule has 3 aromatic rings. The van der Waals surface area contributed by atoms with Gasteiger partial charge in [0, 0.05) is 5.02 Å². The first kappa shape index (κ1) is 24.9. The van der Waals surface area contributed by atoms with E-state index in [-0.39, 0.29) is 12.2 Å². The summed E-state index contributed by atoms with van der Waals surface area (Å²) in [5, 5.41) is 0.459. The lowest BCUT2D eigenvalue weighted by Gasteiger charge is -2.25. The minimum absolute atomic E-state index is 0.214. The van der Waals surface area contributed by atoms with E-state index in [1.807, 2.05) is 48.5 Å². The topological polar surface area (TPSA) is 69.9 Å². The molecule has 1 aliphatic rings. The lowest BCUT2D eigenvalue weighted by molar-refractivity contribution is -0.139. The third kappa shape index (κ3) is 5.26. The zero-order chi connectivity index (χ0) is 25.1. The molecule has 8 heteroatoms. The van der Waals surface area contributed by atoms with Crippen molar-refractivity contribution in [1.29, 1.82) is 0 Å². The lowest BCUT2D eigenvalue weighted by atomic mass is 9.96. The molecule has 0 radical (unpaired) electrons. The standard InChI is InChI=1S/C27H27ClN2O4S/c1-5-33-26(32)23-17(4)29-27-30(24(23)20-8-6-7-9-21(20)28)25(31)22(35-27)14-18-10-12-19(13-11-18)34-15-16(2)3/h6-14,16,24H,5,15H2,1-4H3/b22-14-/t24-/m0/s1. The van der Waals surface area contributed by atoms with Crippen molar-refractivity contribution in [1.82, 2.24) is 4.57 Å². The van der Waals surface area contributed by atoms with Gasteiger partial charge >= 0.3 is 5.97 Å². The number of allylic oxidation sites excluding steroid dienone is 1. The van der Waals surface area contributed by atoms with E-state index in [0.717, 1.165) is 11.3 Å². The molecule has 0 amide bonds. The van der Waals surface area contributed by atoms with Crippen LogP contribution < -0.4 is 19.6 Å². The smallest absolute Gasteiger partial charge is 0.338 e. The molecular weight excluding hydrogens is 484 g/mol. The van der Waals surface area contributed by atoms with Crippen molar-refractivity contribution in [2.24, 2.45) is 10.9 Å². The van der Waals surface area contributed by atoms with Crippen LogP contribution in [0.25, 0.3) is 6.08 Å².